The number of hydrogen-bond acceptors (Lipinski definition) is 3. The zero-order chi connectivity index (χ0) is 5.28. The van der Waals surface area contributed by atoms with Crippen molar-refractivity contribution in [1.29, 1.82) is 0 Å². The second-order valence-corrected chi connectivity index (χ2v) is 1.69. The van der Waals surface area contributed by atoms with E-state index >= 15 is 0 Å². The van der Waals surface area contributed by atoms with Crippen molar-refractivity contribution in [2.75, 3.05) is 0 Å². The van der Waals surface area contributed by atoms with Gasteiger partial charge >= 0.3 is 0 Å². The van der Waals surface area contributed by atoms with E-state index in [4.69, 9.17) is 11.6 Å². The summed E-state index contributed by atoms with van der Waals surface area (Å²) in [7, 11) is 0. The summed E-state index contributed by atoms with van der Waals surface area (Å²) in [5.74, 6) is 0. The van der Waals surface area contributed by atoms with E-state index in [1.807, 2.05) is 6.92 Å². The molecule has 0 fully saturated rings. The average Bonchev–Trinajstić information content (AvgIpc) is 1.91. The van der Waals surface area contributed by atoms with Crippen LogP contribution in [0.5, 0.6) is 0 Å². The van der Waals surface area contributed by atoms with Crippen LogP contribution in [0.15, 0.2) is 10.9 Å². The van der Waals surface area contributed by atoms with Crippen LogP contribution in [0.2, 0.25) is 0 Å². The van der Waals surface area contributed by atoms with Crippen LogP contribution >= 0.6 is 11.6 Å². The highest BCUT2D eigenvalue weighted by molar-refractivity contribution is 6.29. The van der Waals surface area contributed by atoms with E-state index < -0.39 is 0 Å². The Kier molecular flexibility index (Phi) is 1.08. The van der Waals surface area contributed by atoms with Gasteiger partial charge in [-0.25, -0.2) is 0 Å². The number of allylic oxidation sites excluding steroid dienone is 1. The molecular formula is C3H6ClN3. The van der Waals surface area contributed by atoms with Crippen molar-refractivity contribution < 1.29 is 0 Å². The first-order chi connectivity index (χ1) is 3.30. The molecule has 0 amide bonds. The second kappa shape index (κ2) is 1.60. The third-order valence-electron chi connectivity index (χ3n) is 0.751. The first-order valence-electron chi connectivity index (χ1n) is 1.94. The van der Waals surface area contributed by atoms with E-state index in [0.29, 0.717) is 5.16 Å². The predicted molar refractivity (Wildman–Crippen MR) is 28.0 cm³/mol. The molecule has 1 aliphatic rings. The minimum Gasteiger partial charge on any atom is -0.305 e. The zero-order valence-corrected chi connectivity index (χ0v) is 4.63. The Labute approximate surface area is 46.7 Å². The maximum atomic E-state index is 5.51. The summed E-state index contributed by atoms with van der Waals surface area (Å²) in [5.41, 5.74) is 8.94. The van der Waals surface area contributed by atoms with Gasteiger partial charge in [0.1, 0.15) is 5.16 Å². The number of hydrogen-bond donors (Lipinski definition) is 3. The molecule has 0 saturated carbocycles. The summed E-state index contributed by atoms with van der Waals surface area (Å²) in [6, 6.07) is 0. The van der Waals surface area contributed by atoms with E-state index in [1.165, 1.54) is 0 Å². The molecule has 40 valence electrons. The molecule has 0 radical (unpaired) electrons. The van der Waals surface area contributed by atoms with E-state index in [2.05, 4.69) is 16.4 Å². The van der Waals surface area contributed by atoms with Crippen molar-refractivity contribution in [2.45, 2.75) is 6.92 Å². The van der Waals surface area contributed by atoms with Crippen LogP contribution in [0.3, 0.4) is 0 Å². The molecule has 0 saturated heterocycles. The fraction of sp³-hybridized carbons (Fsp3) is 0.333. The van der Waals surface area contributed by atoms with Gasteiger partial charge in [-0.2, -0.15) is 0 Å². The molecule has 0 unspecified atom stereocenters. The summed E-state index contributed by atoms with van der Waals surface area (Å²) in [6.45, 7) is 1.87. The van der Waals surface area contributed by atoms with Gasteiger partial charge in [-0.15, -0.1) is 5.53 Å². The molecular weight excluding hydrogens is 114 g/mol. The third-order valence-corrected chi connectivity index (χ3v) is 1.13. The van der Waals surface area contributed by atoms with Crippen molar-refractivity contribution in [3.8, 4) is 0 Å². The van der Waals surface area contributed by atoms with Crippen LogP contribution in [0.4, 0.5) is 0 Å². The molecule has 0 aliphatic carbocycles. The Hall–Kier alpha value is -0.410. The highest BCUT2D eigenvalue weighted by Gasteiger charge is 2.02. The minimum absolute atomic E-state index is 0.625. The van der Waals surface area contributed by atoms with Crippen LogP contribution < -0.4 is 16.4 Å². The monoisotopic (exact) mass is 119 g/mol. The molecule has 4 heteroatoms. The second-order valence-electron chi connectivity index (χ2n) is 1.31. The van der Waals surface area contributed by atoms with Crippen LogP contribution in [0, 0.1) is 0 Å². The Bertz CT molecular complexity index is 96.7. The topological polar surface area (TPSA) is 36.1 Å². The summed E-state index contributed by atoms with van der Waals surface area (Å²) in [5, 5.41) is 0.625. The fourth-order valence-electron chi connectivity index (χ4n) is 0.328. The maximum Gasteiger partial charge on any atom is 0.138 e. The van der Waals surface area contributed by atoms with Gasteiger partial charge in [0, 0.05) is 0 Å². The normalized spacial score (nSPS) is 19.1. The van der Waals surface area contributed by atoms with Crippen LogP contribution in [0.1, 0.15) is 6.92 Å². The molecule has 0 aromatic carbocycles. The van der Waals surface area contributed by atoms with Gasteiger partial charge < -0.3 is 5.43 Å². The lowest BCUT2D eigenvalue weighted by Crippen LogP contribution is -2.31. The summed E-state index contributed by atoms with van der Waals surface area (Å²) >= 11 is 5.51. The lowest BCUT2D eigenvalue weighted by atomic mass is 10.6. The van der Waals surface area contributed by atoms with Gasteiger partial charge in [0.2, 0.25) is 0 Å². The van der Waals surface area contributed by atoms with Crippen LogP contribution in [-0.4, -0.2) is 0 Å². The van der Waals surface area contributed by atoms with Crippen LogP contribution in [-0.2, 0) is 0 Å². The minimum atomic E-state index is 0.625. The van der Waals surface area contributed by atoms with Crippen molar-refractivity contribution in [3.63, 3.8) is 0 Å². The van der Waals surface area contributed by atoms with Gasteiger partial charge in [-0.1, -0.05) is 11.6 Å². The number of nitrogens with one attached hydrogen (secondary N) is 3. The average molecular weight is 120 g/mol. The number of hydrazine groups is 2. The highest BCUT2D eigenvalue weighted by atomic mass is 35.5. The number of rotatable bonds is 0. The molecule has 7 heavy (non-hydrogen) atoms. The summed E-state index contributed by atoms with van der Waals surface area (Å²) in [6.07, 6.45) is 0. The first kappa shape index (κ1) is 4.74. The predicted octanol–water partition coefficient (Wildman–Crippen LogP) is 0.0266. The SMILES string of the molecule is CC1=C(Cl)NNN1. The molecule has 3 nitrogen and oxygen atoms in total. The largest absolute Gasteiger partial charge is 0.305 e. The Morgan fingerprint density at radius 2 is 2.14 bits per heavy atom. The summed E-state index contributed by atoms with van der Waals surface area (Å²) < 4.78 is 0. The van der Waals surface area contributed by atoms with Crippen LogP contribution in [0.25, 0.3) is 0 Å². The Balaban J connectivity index is 2.64. The third kappa shape index (κ3) is 0.783. The van der Waals surface area contributed by atoms with Gasteiger partial charge in [0.05, 0.1) is 5.70 Å². The van der Waals surface area contributed by atoms with Gasteiger partial charge in [0.25, 0.3) is 0 Å². The van der Waals surface area contributed by atoms with Gasteiger partial charge in [0.15, 0.2) is 0 Å². The van der Waals surface area contributed by atoms with Crippen molar-refractivity contribution in [1.82, 2.24) is 16.4 Å². The Morgan fingerprint density at radius 3 is 2.29 bits per heavy atom. The molecule has 3 N–H and O–H groups in total. The fourth-order valence-corrected chi connectivity index (χ4v) is 0.423. The lowest BCUT2D eigenvalue weighted by Gasteiger charge is -1.90. The zero-order valence-electron chi connectivity index (χ0n) is 3.88. The highest BCUT2D eigenvalue weighted by Crippen LogP contribution is 2.02. The molecule has 0 aromatic rings. The molecule has 0 spiro atoms. The van der Waals surface area contributed by atoms with Crippen molar-refractivity contribution >= 4 is 11.6 Å². The van der Waals surface area contributed by atoms with Crippen molar-refractivity contribution in [3.05, 3.63) is 10.9 Å². The molecule has 0 bridgehead atoms. The van der Waals surface area contributed by atoms with Gasteiger partial charge in [-0.05, 0) is 6.92 Å². The molecule has 1 rings (SSSR count). The summed E-state index contributed by atoms with van der Waals surface area (Å²) in [4.78, 5) is 0. The van der Waals surface area contributed by atoms with E-state index in [-0.39, 0.29) is 0 Å². The maximum absolute atomic E-state index is 5.51. The lowest BCUT2D eigenvalue weighted by molar-refractivity contribution is 0.597. The van der Waals surface area contributed by atoms with E-state index in [9.17, 15) is 0 Å². The van der Waals surface area contributed by atoms with Crippen molar-refractivity contribution in [2.24, 2.45) is 0 Å². The molecule has 1 heterocycles. The van der Waals surface area contributed by atoms with E-state index in [1.54, 1.807) is 0 Å². The Morgan fingerprint density at radius 1 is 1.43 bits per heavy atom. The quantitative estimate of drug-likeness (QED) is 0.394. The smallest absolute Gasteiger partial charge is 0.138 e. The first-order valence-corrected chi connectivity index (χ1v) is 2.32. The molecule has 1 aliphatic heterocycles. The molecule has 0 atom stereocenters. The number of halogens is 1. The molecule has 0 aromatic heterocycles. The van der Waals surface area contributed by atoms with E-state index in [0.717, 1.165) is 5.70 Å². The standard InChI is InChI=1S/C3H6ClN3/c1-2-3(4)6-7-5-2/h5-7H,1H3. The van der Waals surface area contributed by atoms with Gasteiger partial charge in [-0.3, -0.25) is 5.43 Å².